The van der Waals surface area contributed by atoms with Crippen LogP contribution in [-0.4, -0.2) is 42.1 Å². The topological polar surface area (TPSA) is 108 Å². The SMILES string of the molecule is COC(=O)CC(C)CC(C)CC(=O)Nc1ccc(C(C)(C(=O)OC(C)(C)C)C(=O)OC(C)(C)C)cc1. The van der Waals surface area contributed by atoms with E-state index < -0.39 is 28.6 Å². The largest absolute Gasteiger partial charge is 0.469 e. The zero-order chi connectivity index (χ0) is 27.9. The molecule has 1 aromatic carbocycles. The summed E-state index contributed by atoms with van der Waals surface area (Å²) < 4.78 is 15.8. The van der Waals surface area contributed by atoms with E-state index in [-0.39, 0.29) is 23.7 Å². The second kappa shape index (κ2) is 12.4. The molecule has 1 rings (SSSR count). The molecule has 0 aliphatic rings. The Morgan fingerprint density at radius 3 is 1.64 bits per heavy atom. The number of nitrogens with one attached hydrogen (secondary N) is 1. The van der Waals surface area contributed by atoms with Gasteiger partial charge >= 0.3 is 17.9 Å². The number of hydrogen-bond acceptors (Lipinski definition) is 7. The number of ether oxygens (including phenoxy) is 3. The van der Waals surface area contributed by atoms with Gasteiger partial charge in [-0.2, -0.15) is 0 Å². The number of hydrogen-bond donors (Lipinski definition) is 1. The highest BCUT2D eigenvalue weighted by molar-refractivity contribution is 6.06. The molecular formula is C28H43NO7. The van der Waals surface area contributed by atoms with Crippen molar-refractivity contribution in [3.05, 3.63) is 29.8 Å². The first-order valence-corrected chi connectivity index (χ1v) is 12.3. The molecule has 0 bridgehead atoms. The molecule has 0 saturated carbocycles. The van der Waals surface area contributed by atoms with Crippen LogP contribution in [0.4, 0.5) is 5.69 Å². The van der Waals surface area contributed by atoms with Crippen molar-refractivity contribution in [2.75, 3.05) is 12.4 Å². The molecule has 8 nitrogen and oxygen atoms in total. The number of esters is 3. The predicted octanol–water partition coefficient (Wildman–Crippen LogP) is 5.18. The lowest BCUT2D eigenvalue weighted by Gasteiger charge is -2.32. The van der Waals surface area contributed by atoms with Crippen LogP contribution >= 0.6 is 0 Å². The molecule has 36 heavy (non-hydrogen) atoms. The van der Waals surface area contributed by atoms with Gasteiger partial charge in [-0.1, -0.05) is 26.0 Å². The molecule has 0 spiro atoms. The third kappa shape index (κ3) is 9.99. The van der Waals surface area contributed by atoms with Gasteiger partial charge in [-0.3, -0.25) is 19.2 Å². The zero-order valence-corrected chi connectivity index (χ0v) is 23.4. The highest BCUT2D eigenvalue weighted by Crippen LogP contribution is 2.32. The number of carbonyl (C=O) groups excluding carboxylic acids is 4. The number of amides is 1. The number of benzene rings is 1. The number of rotatable bonds is 10. The van der Waals surface area contributed by atoms with E-state index in [2.05, 4.69) is 5.32 Å². The van der Waals surface area contributed by atoms with Gasteiger partial charge in [-0.05, 0) is 84.4 Å². The van der Waals surface area contributed by atoms with Crippen LogP contribution in [-0.2, 0) is 38.8 Å². The van der Waals surface area contributed by atoms with Gasteiger partial charge < -0.3 is 19.5 Å². The van der Waals surface area contributed by atoms with E-state index in [0.717, 1.165) is 0 Å². The maximum absolute atomic E-state index is 13.1. The van der Waals surface area contributed by atoms with Gasteiger partial charge in [0.2, 0.25) is 5.91 Å². The van der Waals surface area contributed by atoms with Crippen molar-refractivity contribution in [1.29, 1.82) is 0 Å². The lowest BCUT2D eigenvalue weighted by molar-refractivity contribution is -0.176. The van der Waals surface area contributed by atoms with Crippen LogP contribution in [0.1, 0.15) is 87.1 Å². The fourth-order valence-corrected chi connectivity index (χ4v) is 3.72. The summed E-state index contributed by atoms with van der Waals surface area (Å²) in [6.07, 6.45) is 1.32. The van der Waals surface area contributed by atoms with E-state index in [1.54, 1.807) is 65.8 Å². The van der Waals surface area contributed by atoms with Gasteiger partial charge in [0, 0.05) is 18.5 Å². The van der Waals surface area contributed by atoms with Crippen LogP contribution in [0.5, 0.6) is 0 Å². The number of anilines is 1. The summed E-state index contributed by atoms with van der Waals surface area (Å²) in [6, 6.07) is 6.52. The van der Waals surface area contributed by atoms with Gasteiger partial charge in [0.05, 0.1) is 7.11 Å². The van der Waals surface area contributed by atoms with Crippen molar-refractivity contribution in [2.45, 2.75) is 98.2 Å². The minimum absolute atomic E-state index is 0.0755. The molecule has 1 N–H and O–H groups in total. The lowest BCUT2D eigenvalue weighted by atomic mass is 9.82. The fraction of sp³-hybridized carbons (Fsp3) is 0.643. The normalized spacial score (nSPS) is 13.8. The standard InChI is InChI=1S/C28H43NO7/c1-18(15-19(2)17-23(31)34-10)16-22(30)29-21-13-11-20(12-14-21)28(9,24(32)35-26(3,4)5)25(33)36-27(6,7)8/h11-14,18-19H,15-17H2,1-10H3,(H,29,30). The molecule has 202 valence electrons. The van der Waals surface area contributed by atoms with E-state index in [9.17, 15) is 19.2 Å². The zero-order valence-electron chi connectivity index (χ0n) is 23.4. The molecular weight excluding hydrogens is 462 g/mol. The highest BCUT2D eigenvalue weighted by atomic mass is 16.6. The van der Waals surface area contributed by atoms with Crippen molar-refractivity contribution >= 4 is 29.5 Å². The molecule has 0 aliphatic heterocycles. The Hall–Kier alpha value is -2.90. The summed E-state index contributed by atoms with van der Waals surface area (Å²) in [5, 5.41) is 2.85. The van der Waals surface area contributed by atoms with Crippen LogP contribution in [0.25, 0.3) is 0 Å². The maximum Gasteiger partial charge on any atom is 0.328 e. The Kier molecular flexibility index (Phi) is 10.7. The monoisotopic (exact) mass is 505 g/mol. The van der Waals surface area contributed by atoms with Gasteiger partial charge in [-0.15, -0.1) is 0 Å². The average molecular weight is 506 g/mol. The second-order valence-electron chi connectivity index (χ2n) is 11.7. The lowest BCUT2D eigenvalue weighted by Crippen LogP contribution is -2.48. The molecule has 0 radical (unpaired) electrons. The van der Waals surface area contributed by atoms with Crippen LogP contribution < -0.4 is 5.32 Å². The molecule has 1 aromatic rings. The van der Waals surface area contributed by atoms with Gasteiger partial charge in [-0.25, -0.2) is 0 Å². The van der Waals surface area contributed by atoms with Gasteiger partial charge in [0.15, 0.2) is 5.41 Å². The Morgan fingerprint density at radius 1 is 0.778 bits per heavy atom. The highest BCUT2D eigenvalue weighted by Gasteiger charge is 2.48. The Bertz CT molecular complexity index is 895. The third-order valence-corrected chi connectivity index (χ3v) is 5.44. The molecule has 0 fully saturated rings. The van der Waals surface area contributed by atoms with E-state index in [1.165, 1.54) is 14.0 Å². The van der Waals surface area contributed by atoms with Crippen molar-refractivity contribution in [2.24, 2.45) is 11.8 Å². The van der Waals surface area contributed by atoms with Crippen molar-refractivity contribution < 1.29 is 33.4 Å². The summed E-state index contributed by atoms with van der Waals surface area (Å²) in [5.74, 6) is -1.66. The van der Waals surface area contributed by atoms with E-state index in [1.807, 2.05) is 13.8 Å². The van der Waals surface area contributed by atoms with Crippen LogP contribution in [0, 0.1) is 11.8 Å². The summed E-state index contributed by atoms with van der Waals surface area (Å²) in [7, 11) is 1.36. The van der Waals surface area contributed by atoms with Crippen LogP contribution in [0.3, 0.4) is 0 Å². The second-order valence-corrected chi connectivity index (χ2v) is 11.7. The molecule has 1 amide bonds. The minimum Gasteiger partial charge on any atom is -0.469 e. The molecule has 8 heteroatoms. The first-order chi connectivity index (χ1) is 16.4. The van der Waals surface area contributed by atoms with E-state index in [0.29, 0.717) is 30.5 Å². The van der Waals surface area contributed by atoms with E-state index in [4.69, 9.17) is 14.2 Å². The summed E-state index contributed by atoms with van der Waals surface area (Å²) in [6.45, 7) is 15.8. The smallest absolute Gasteiger partial charge is 0.328 e. The Labute approximate surface area is 215 Å². The molecule has 0 heterocycles. The first kappa shape index (κ1) is 31.1. The molecule has 0 saturated heterocycles. The van der Waals surface area contributed by atoms with Crippen LogP contribution in [0.15, 0.2) is 24.3 Å². The fourth-order valence-electron chi connectivity index (χ4n) is 3.72. The number of methoxy groups -OCH3 is 1. The van der Waals surface area contributed by atoms with Crippen LogP contribution in [0.2, 0.25) is 0 Å². The van der Waals surface area contributed by atoms with Gasteiger partial charge in [0.25, 0.3) is 0 Å². The first-order valence-electron chi connectivity index (χ1n) is 12.3. The van der Waals surface area contributed by atoms with Crippen molar-refractivity contribution in [1.82, 2.24) is 0 Å². The number of carbonyl (C=O) groups is 4. The molecule has 2 unspecified atom stereocenters. The molecule has 0 aliphatic carbocycles. The maximum atomic E-state index is 13.1. The quantitative estimate of drug-likeness (QED) is 0.265. The Balaban J connectivity index is 2.99. The Morgan fingerprint density at radius 2 is 1.22 bits per heavy atom. The average Bonchev–Trinajstić information content (AvgIpc) is 2.70. The molecule has 0 aromatic heterocycles. The summed E-state index contributed by atoms with van der Waals surface area (Å²) in [4.78, 5) is 50.3. The van der Waals surface area contributed by atoms with E-state index >= 15 is 0 Å². The predicted molar refractivity (Wildman–Crippen MR) is 138 cm³/mol. The third-order valence-electron chi connectivity index (χ3n) is 5.44. The van der Waals surface area contributed by atoms with Gasteiger partial charge in [0.1, 0.15) is 11.2 Å². The minimum atomic E-state index is -1.69. The van der Waals surface area contributed by atoms with Crippen molar-refractivity contribution in [3.63, 3.8) is 0 Å². The summed E-state index contributed by atoms with van der Waals surface area (Å²) >= 11 is 0. The summed E-state index contributed by atoms with van der Waals surface area (Å²) in [5.41, 5.74) is -2.34. The molecule has 2 atom stereocenters. The van der Waals surface area contributed by atoms with Crippen molar-refractivity contribution in [3.8, 4) is 0 Å².